The van der Waals surface area contributed by atoms with Crippen molar-refractivity contribution < 1.29 is 24.5 Å². The minimum absolute atomic E-state index is 0.0119. The fourth-order valence-corrected chi connectivity index (χ4v) is 8.95. The summed E-state index contributed by atoms with van der Waals surface area (Å²) in [7, 11) is 0. The van der Waals surface area contributed by atoms with Crippen LogP contribution in [0.15, 0.2) is 48.6 Å². The molecule has 398 valence electrons. The van der Waals surface area contributed by atoms with Crippen LogP contribution in [0.5, 0.6) is 0 Å². The topological polar surface area (TPSA) is 95.9 Å². The summed E-state index contributed by atoms with van der Waals surface area (Å²) in [5, 5.41) is 23.1. The Balaban J connectivity index is 3.50. The van der Waals surface area contributed by atoms with E-state index in [1.807, 2.05) is 6.08 Å². The van der Waals surface area contributed by atoms with Crippen molar-refractivity contribution in [1.82, 2.24) is 5.32 Å². The number of hydrogen-bond donors (Lipinski definition) is 3. The van der Waals surface area contributed by atoms with Crippen molar-refractivity contribution in [3.05, 3.63) is 48.6 Å². The highest BCUT2D eigenvalue weighted by Crippen LogP contribution is 2.16. The van der Waals surface area contributed by atoms with E-state index in [1.165, 1.54) is 212 Å². The second kappa shape index (κ2) is 57.4. The fraction of sp³-hybridized carbons (Fsp3) is 0.839. The first-order valence-corrected chi connectivity index (χ1v) is 29.9. The van der Waals surface area contributed by atoms with E-state index in [4.69, 9.17) is 4.74 Å². The third-order valence-electron chi connectivity index (χ3n) is 13.6. The average molecular weight is 955 g/mol. The molecule has 6 nitrogen and oxygen atoms in total. The molecule has 0 rings (SSSR count). The first-order chi connectivity index (χ1) is 33.5. The SMILES string of the molecule is CCCCC/C=C\C/C=C\CCCCCCCCCC(=O)OCCCCCCCCC/C=C\CCCCCCCC(=O)NC(CO)C(O)/C=C/CCCCCCCCCCCCCCCCCC. The minimum Gasteiger partial charge on any atom is -0.466 e. The van der Waals surface area contributed by atoms with Crippen LogP contribution in [0.1, 0.15) is 309 Å². The van der Waals surface area contributed by atoms with Crippen LogP contribution in [0.3, 0.4) is 0 Å². The average Bonchev–Trinajstić information content (AvgIpc) is 3.34. The van der Waals surface area contributed by atoms with E-state index < -0.39 is 12.1 Å². The van der Waals surface area contributed by atoms with Gasteiger partial charge in [-0.25, -0.2) is 0 Å². The van der Waals surface area contributed by atoms with E-state index in [2.05, 4.69) is 55.6 Å². The van der Waals surface area contributed by atoms with Gasteiger partial charge in [0.15, 0.2) is 0 Å². The zero-order valence-electron chi connectivity index (χ0n) is 45.3. The summed E-state index contributed by atoms with van der Waals surface area (Å²) in [6.07, 6.45) is 72.7. The molecule has 0 aliphatic carbocycles. The summed E-state index contributed by atoms with van der Waals surface area (Å²) in [4.78, 5) is 24.5. The number of esters is 1. The lowest BCUT2D eigenvalue weighted by molar-refractivity contribution is -0.143. The lowest BCUT2D eigenvalue weighted by Crippen LogP contribution is -2.45. The molecule has 2 atom stereocenters. The monoisotopic (exact) mass is 954 g/mol. The van der Waals surface area contributed by atoms with Gasteiger partial charge in [-0.2, -0.15) is 0 Å². The summed E-state index contributed by atoms with van der Waals surface area (Å²) in [5.41, 5.74) is 0. The Morgan fingerprint density at radius 3 is 1.16 bits per heavy atom. The Kier molecular flexibility index (Phi) is 55.6. The zero-order valence-corrected chi connectivity index (χ0v) is 45.3. The molecule has 68 heavy (non-hydrogen) atoms. The molecule has 0 aliphatic heterocycles. The molecule has 0 bridgehead atoms. The van der Waals surface area contributed by atoms with Crippen LogP contribution in [-0.4, -0.2) is 47.4 Å². The number of amides is 1. The van der Waals surface area contributed by atoms with Gasteiger partial charge < -0.3 is 20.3 Å². The van der Waals surface area contributed by atoms with Crippen molar-refractivity contribution in [2.45, 2.75) is 321 Å². The highest BCUT2D eigenvalue weighted by Gasteiger charge is 2.18. The number of carbonyl (C=O) groups is 2. The van der Waals surface area contributed by atoms with Crippen molar-refractivity contribution in [3.8, 4) is 0 Å². The molecule has 6 heteroatoms. The predicted molar refractivity (Wildman–Crippen MR) is 296 cm³/mol. The number of aliphatic hydroxyl groups is 2. The molecule has 1 amide bonds. The molecule has 0 spiro atoms. The minimum atomic E-state index is -0.857. The number of ether oxygens (including phenoxy) is 1. The number of rotatable bonds is 55. The van der Waals surface area contributed by atoms with Crippen LogP contribution in [0, 0.1) is 0 Å². The van der Waals surface area contributed by atoms with Crippen LogP contribution in [-0.2, 0) is 14.3 Å². The smallest absolute Gasteiger partial charge is 0.305 e. The first kappa shape index (κ1) is 65.8. The van der Waals surface area contributed by atoms with Crippen molar-refractivity contribution >= 4 is 11.9 Å². The molecule has 0 fully saturated rings. The normalized spacial score (nSPS) is 12.9. The Labute approximate surface area is 423 Å². The third-order valence-corrected chi connectivity index (χ3v) is 13.6. The van der Waals surface area contributed by atoms with Crippen molar-refractivity contribution in [2.75, 3.05) is 13.2 Å². The predicted octanol–water partition coefficient (Wildman–Crippen LogP) is 18.6. The number of allylic oxidation sites excluding steroid dienone is 7. The lowest BCUT2D eigenvalue weighted by Gasteiger charge is -2.20. The van der Waals surface area contributed by atoms with Crippen LogP contribution in [0.2, 0.25) is 0 Å². The van der Waals surface area contributed by atoms with E-state index >= 15 is 0 Å². The molecule has 0 aromatic rings. The van der Waals surface area contributed by atoms with E-state index in [0.29, 0.717) is 19.4 Å². The van der Waals surface area contributed by atoms with E-state index in [0.717, 1.165) is 70.6 Å². The number of unbranched alkanes of at least 4 members (excludes halogenated alkanes) is 38. The van der Waals surface area contributed by atoms with Gasteiger partial charge in [0.2, 0.25) is 5.91 Å². The molecule has 3 N–H and O–H groups in total. The highest BCUT2D eigenvalue weighted by molar-refractivity contribution is 5.76. The van der Waals surface area contributed by atoms with Crippen molar-refractivity contribution in [3.63, 3.8) is 0 Å². The van der Waals surface area contributed by atoms with Crippen LogP contribution in [0.4, 0.5) is 0 Å². The Morgan fingerprint density at radius 2 is 0.735 bits per heavy atom. The van der Waals surface area contributed by atoms with Crippen molar-refractivity contribution in [1.29, 1.82) is 0 Å². The Bertz CT molecular complexity index is 1150. The molecule has 0 aromatic carbocycles. The number of carbonyl (C=O) groups excluding carboxylic acids is 2. The summed E-state index contributed by atoms with van der Waals surface area (Å²) in [6.45, 7) is 4.86. The van der Waals surface area contributed by atoms with E-state index in [1.54, 1.807) is 6.08 Å². The van der Waals surface area contributed by atoms with Gasteiger partial charge in [0.05, 0.1) is 25.4 Å². The van der Waals surface area contributed by atoms with Gasteiger partial charge in [0.25, 0.3) is 0 Å². The molecule has 0 saturated carbocycles. The summed E-state index contributed by atoms with van der Waals surface area (Å²) in [6, 6.07) is -0.642. The van der Waals surface area contributed by atoms with Gasteiger partial charge in [-0.15, -0.1) is 0 Å². The van der Waals surface area contributed by atoms with Gasteiger partial charge >= 0.3 is 5.97 Å². The van der Waals surface area contributed by atoms with E-state index in [-0.39, 0.29) is 18.5 Å². The maximum Gasteiger partial charge on any atom is 0.305 e. The van der Waals surface area contributed by atoms with Gasteiger partial charge in [0.1, 0.15) is 0 Å². The van der Waals surface area contributed by atoms with Crippen LogP contribution in [0.25, 0.3) is 0 Å². The van der Waals surface area contributed by atoms with Gasteiger partial charge in [-0.1, -0.05) is 255 Å². The summed E-state index contributed by atoms with van der Waals surface area (Å²) < 4.78 is 5.47. The molecule has 0 heterocycles. The Morgan fingerprint density at radius 1 is 0.412 bits per heavy atom. The molecule has 0 radical (unpaired) electrons. The molecular weight excluding hydrogens is 839 g/mol. The number of aliphatic hydroxyl groups excluding tert-OH is 2. The van der Waals surface area contributed by atoms with E-state index in [9.17, 15) is 19.8 Å². The Hall–Kier alpha value is -2.18. The maximum atomic E-state index is 12.5. The number of nitrogens with one attached hydrogen (secondary N) is 1. The first-order valence-electron chi connectivity index (χ1n) is 29.9. The number of hydrogen-bond acceptors (Lipinski definition) is 5. The van der Waals surface area contributed by atoms with Gasteiger partial charge in [-0.05, 0) is 89.9 Å². The summed E-state index contributed by atoms with van der Waals surface area (Å²) in [5.74, 6) is -0.0963. The second-order valence-corrected chi connectivity index (χ2v) is 20.3. The quantitative estimate of drug-likeness (QED) is 0.0321. The molecule has 0 saturated heterocycles. The van der Waals surface area contributed by atoms with Crippen molar-refractivity contribution in [2.24, 2.45) is 0 Å². The fourth-order valence-electron chi connectivity index (χ4n) is 8.95. The standard InChI is InChI=1S/C62H115NO5/c1-3-5-7-9-11-13-15-17-19-21-23-26-30-34-38-42-46-50-54-60(65)59(58-64)63-61(66)55-51-47-43-39-35-31-27-24-25-29-33-37-41-45-49-53-57-68-62(67)56-52-48-44-40-36-32-28-22-20-18-16-14-12-10-8-6-4-2/h12,14,18,20,24,27,50,54,59-60,64-65H,3-11,13,15-17,19,21-23,25-26,28-49,51-53,55-58H2,1-2H3,(H,63,66)/b14-12-,20-18-,27-24-,54-50+. The van der Waals surface area contributed by atoms with Crippen LogP contribution >= 0.6 is 0 Å². The largest absolute Gasteiger partial charge is 0.466 e. The van der Waals surface area contributed by atoms with Gasteiger partial charge in [-0.3, -0.25) is 9.59 Å². The molecule has 0 aromatic heterocycles. The van der Waals surface area contributed by atoms with Crippen LogP contribution < -0.4 is 5.32 Å². The molecule has 2 unspecified atom stereocenters. The highest BCUT2D eigenvalue weighted by atomic mass is 16.5. The lowest BCUT2D eigenvalue weighted by atomic mass is 10.0. The second-order valence-electron chi connectivity index (χ2n) is 20.3. The summed E-state index contributed by atoms with van der Waals surface area (Å²) >= 11 is 0. The third kappa shape index (κ3) is 53.2. The maximum absolute atomic E-state index is 12.5. The molecule has 0 aliphatic rings. The molecular formula is C62H115NO5. The van der Waals surface area contributed by atoms with Gasteiger partial charge in [0, 0.05) is 12.8 Å². The zero-order chi connectivity index (χ0) is 49.3.